The summed E-state index contributed by atoms with van der Waals surface area (Å²) in [5.74, 6) is -1.93. The van der Waals surface area contributed by atoms with Crippen LogP contribution in [0, 0.1) is 5.92 Å². The largest absolute Gasteiger partial charge is 0.455 e. The Bertz CT molecular complexity index is 911. The number of esters is 1. The van der Waals surface area contributed by atoms with E-state index < -0.39 is 24.4 Å². The van der Waals surface area contributed by atoms with Crippen LogP contribution in [0.4, 0.5) is 11.4 Å². The molecule has 1 fully saturated rings. The second kappa shape index (κ2) is 9.29. The lowest BCUT2D eigenvalue weighted by Crippen LogP contribution is -2.28. The highest BCUT2D eigenvalue weighted by atomic mass is 35.5. The average Bonchev–Trinajstić information content (AvgIpc) is 3.11. The highest BCUT2D eigenvalue weighted by molar-refractivity contribution is 6.39. The molecule has 1 aliphatic heterocycles. The van der Waals surface area contributed by atoms with Crippen molar-refractivity contribution in [3.05, 3.63) is 58.1 Å². The van der Waals surface area contributed by atoms with Crippen molar-refractivity contribution in [2.75, 3.05) is 23.4 Å². The lowest BCUT2D eigenvalue weighted by molar-refractivity contribution is -0.151. The molecule has 0 unspecified atom stereocenters. The summed E-state index contributed by atoms with van der Waals surface area (Å²) in [6.45, 7) is 1.79. The molecule has 1 atom stereocenters. The first-order valence-electron chi connectivity index (χ1n) is 9.18. The molecule has 0 spiro atoms. The number of carbonyl (C=O) groups is 3. The second-order valence-electron chi connectivity index (χ2n) is 6.68. The third-order valence-electron chi connectivity index (χ3n) is 4.69. The van der Waals surface area contributed by atoms with Crippen molar-refractivity contribution in [2.24, 2.45) is 5.92 Å². The van der Waals surface area contributed by atoms with Crippen molar-refractivity contribution in [1.29, 1.82) is 0 Å². The van der Waals surface area contributed by atoms with Crippen LogP contribution in [0.1, 0.15) is 18.9 Å². The summed E-state index contributed by atoms with van der Waals surface area (Å²) < 4.78 is 5.09. The van der Waals surface area contributed by atoms with Crippen LogP contribution in [-0.4, -0.2) is 30.9 Å². The monoisotopic (exact) mass is 434 g/mol. The van der Waals surface area contributed by atoms with Gasteiger partial charge in [0.15, 0.2) is 6.61 Å². The zero-order chi connectivity index (χ0) is 21.0. The summed E-state index contributed by atoms with van der Waals surface area (Å²) in [5, 5.41) is 3.08. The first-order chi connectivity index (χ1) is 13.9. The van der Waals surface area contributed by atoms with E-state index in [9.17, 15) is 14.4 Å². The zero-order valence-electron chi connectivity index (χ0n) is 15.8. The quantitative estimate of drug-likeness (QED) is 0.694. The first kappa shape index (κ1) is 21.1. The van der Waals surface area contributed by atoms with Gasteiger partial charge in [-0.05, 0) is 36.2 Å². The van der Waals surface area contributed by atoms with Gasteiger partial charge in [-0.2, -0.15) is 0 Å². The molecule has 0 radical (unpaired) electrons. The van der Waals surface area contributed by atoms with Crippen LogP contribution < -0.4 is 10.2 Å². The van der Waals surface area contributed by atoms with Gasteiger partial charge in [0.2, 0.25) is 5.91 Å². The SMILES string of the molecule is CCc1ccc(N2C[C@H](C(=O)OCC(=O)Nc3c(Cl)cccc3Cl)CC2=O)cc1. The Hall–Kier alpha value is -2.57. The molecular formula is C21H20Cl2N2O4. The Kier molecular flexibility index (Phi) is 6.77. The van der Waals surface area contributed by atoms with Gasteiger partial charge in [0.25, 0.3) is 5.91 Å². The Morgan fingerprint density at radius 1 is 1.14 bits per heavy atom. The summed E-state index contributed by atoms with van der Waals surface area (Å²) in [7, 11) is 0. The minimum absolute atomic E-state index is 0.0479. The van der Waals surface area contributed by atoms with Crippen molar-refractivity contribution in [3.63, 3.8) is 0 Å². The third-order valence-corrected chi connectivity index (χ3v) is 5.32. The maximum Gasteiger partial charge on any atom is 0.311 e. The zero-order valence-corrected chi connectivity index (χ0v) is 17.3. The summed E-state index contributed by atoms with van der Waals surface area (Å²) in [6.07, 6.45) is 0.955. The Labute approximate surface area is 178 Å². The number of carbonyl (C=O) groups excluding carboxylic acids is 3. The van der Waals surface area contributed by atoms with Crippen LogP contribution in [0.2, 0.25) is 10.0 Å². The van der Waals surface area contributed by atoms with Crippen molar-refractivity contribution < 1.29 is 19.1 Å². The molecule has 8 heteroatoms. The molecule has 2 amide bonds. The van der Waals surface area contributed by atoms with Gasteiger partial charge in [-0.1, -0.05) is 48.3 Å². The molecule has 1 N–H and O–H groups in total. The highest BCUT2D eigenvalue weighted by Gasteiger charge is 2.36. The molecule has 0 aromatic heterocycles. The molecule has 1 heterocycles. The fourth-order valence-corrected chi connectivity index (χ4v) is 3.57. The number of rotatable bonds is 6. The number of hydrogen-bond acceptors (Lipinski definition) is 4. The van der Waals surface area contributed by atoms with Gasteiger partial charge in [0.1, 0.15) is 0 Å². The maximum absolute atomic E-state index is 12.3. The molecule has 3 rings (SSSR count). The third kappa shape index (κ3) is 5.08. The molecule has 1 saturated heterocycles. The predicted molar refractivity (Wildman–Crippen MR) is 112 cm³/mol. The number of anilines is 2. The smallest absolute Gasteiger partial charge is 0.311 e. The number of nitrogens with one attached hydrogen (secondary N) is 1. The lowest BCUT2D eigenvalue weighted by Gasteiger charge is -2.17. The molecule has 2 aromatic rings. The molecule has 29 heavy (non-hydrogen) atoms. The number of halogens is 2. The maximum atomic E-state index is 12.3. The topological polar surface area (TPSA) is 75.7 Å². The molecule has 2 aromatic carbocycles. The van der Waals surface area contributed by atoms with Crippen LogP contribution in [0.15, 0.2) is 42.5 Å². The first-order valence-corrected chi connectivity index (χ1v) is 9.94. The average molecular weight is 435 g/mol. The van der Waals surface area contributed by atoms with Crippen LogP contribution in [-0.2, 0) is 25.5 Å². The van der Waals surface area contributed by atoms with Gasteiger partial charge in [-0.25, -0.2) is 0 Å². The van der Waals surface area contributed by atoms with Gasteiger partial charge in [0, 0.05) is 18.7 Å². The fraction of sp³-hybridized carbons (Fsp3) is 0.286. The number of aryl methyl sites for hydroxylation is 1. The van der Waals surface area contributed by atoms with Crippen molar-refractivity contribution >= 4 is 52.4 Å². The van der Waals surface area contributed by atoms with E-state index in [1.165, 1.54) is 5.56 Å². The minimum atomic E-state index is -0.620. The Morgan fingerprint density at radius 2 is 1.79 bits per heavy atom. The molecule has 1 aliphatic rings. The van der Waals surface area contributed by atoms with Crippen molar-refractivity contribution in [1.82, 2.24) is 0 Å². The van der Waals surface area contributed by atoms with E-state index in [-0.39, 0.29) is 34.6 Å². The molecular weight excluding hydrogens is 415 g/mol. The van der Waals surface area contributed by atoms with Gasteiger partial charge >= 0.3 is 5.97 Å². The van der Waals surface area contributed by atoms with E-state index in [2.05, 4.69) is 12.2 Å². The van der Waals surface area contributed by atoms with E-state index in [1.54, 1.807) is 23.1 Å². The summed E-state index contributed by atoms with van der Waals surface area (Å²) >= 11 is 12.0. The van der Waals surface area contributed by atoms with Crippen molar-refractivity contribution in [3.8, 4) is 0 Å². The fourth-order valence-electron chi connectivity index (χ4n) is 3.07. The van der Waals surface area contributed by atoms with E-state index >= 15 is 0 Å². The van der Waals surface area contributed by atoms with Gasteiger partial charge in [0.05, 0.1) is 21.7 Å². The molecule has 0 bridgehead atoms. The summed E-state index contributed by atoms with van der Waals surface area (Å²) in [6, 6.07) is 12.5. The van der Waals surface area contributed by atoms with Crippen LogP contribution in [0.3, 0.4) is 0 Å². The van der Waals surface area contributed by atoms with Crippen LogP contribution >= 0.6 is 23.2 Å². The standard InChI is InChI=1S/C21H20Cl2N2O4/c1-2-13-6-8-15(9-7-13)25-11-14(10-19(25)27)21(28)29-12-18(26)24-20-16(22)4-3-5-17(20)23/h3-9,14H,2,10-12H2,1H3,(H,24,26)/t14-/m1/s1. The number of amides is 2. The summed E-state index contributed by atoms with van der Waals surface area (Å²) in [4.78, 5) is 38.3. The second-order valence-corrected chi connectivity index (χ2v) is 7.49. The molecule has 6 nitrogen and oxygen atoms in total. The number of benzene rings is 2. The van der Waals surface area contributed by atoms with Gasteiger partial charge < -0.3 is 15.0 Å². The number of hydrogen-bond donors (Lipinski definition) is 1. The molecule has 152 valence electrons. The number of ether oxygens (including phenoxy) is 1. The van der Waals surface area contributed by atoms with Crippen LogP contribution in [0.5, 0.6) is 0 Å². The van der Waals surface area contributed by atoms with Gasteiger partial charge in [-0.15, -0.1) is 0 Å². The van der Waals surface area contributed by atoms with E-state index in [0.717, 1.165) is 12.1 Å². The normalized spacial score (nSPS) is 16.0. The van der Waals surface area contributed by atoms with E-state index in [4.69, 9.17) is 27.9 Å². The highest BCUT2D eigenvalue weighted by Crippen LogP contribution is 2.30. The lowest BCUT2D eigenvalue weighted by atomic mass is 10.1. The minimum Gasteiger partial charge on any atom is -0.455 e. The van der Waals surface area contributed by atoms with E-state index in [0.29, 0.717) is 0 Å². The van der Waals surface area contributed by atoms with E-state index in [1.807, 2.05) is 24.3 Å². The predicted octanol–water partition coefficient (Wildman–Crippen LogP) is 4.09. The van der Waals surface area contributed by atoms with Crippen molar-refractivity contribution in [2.45, 2.75) is 19.8 Å². The van der Waals surface area contributed by atoms with Crippen LogP contribution in [0.25, 0.3) is 0 Å². The number of para-hydroxylation sites is 1. The number of nitrogens with zero attached hydrogens (tertiary/aromatic N) is 1. The molecule has 0 aliphatic carbocycles. The Morgan fingerprint density at radius 3 is 2.41 bits per heavy atom. The Balaban J connectivity index is 1.54. The van der Waals surface area contributed by atoms with Gasteiger partial charge in [-0.3, -0.25) is 14.4 Å². The molecule has 0 saturated carbocycles. The summed E-state index contributed by atoms with van der Waals surface area (Å²) in [5.41, 5.74) is 2.17.